The van der Waals surface area contributed by atoms with Crippen molar-refractivity contribution in [2.24, 2.45) is 5.73 Å². The molecule has 0 saturated heterocycles. The molecule has 2 N–H and O–H groups in total. The van der Waals surface area contributed by atoms with Crippen LogP contribution >= 0.6 is 0 Å². The molecule has 3 rings (SSSR count). The minimum absolute atomic E-state index is 0.590. The highest BCUT2D eigenvalue weighted by molar-refractivity contribution is 5.81. The van der Waals surface area contributed by atoms with Crippen LogP contribution in [0.4, 0.5) is 0 Å². The number of rotatable bonds is 4. The summed E-state index contributed by atoms with van der Waals surface area (Å²) in [7, 11) is 1.69. The van der Waals surface area contributed by atoms with Crippen molar-refractivity contribution in [3.05, 3.63) is 65.9 Å². The fourth-order valence-electron chi connectivity index (χ4n) is 2.42. The van der Waals surface area contributed by atoms with Crippen LogP contribution in [0.25, 0.3) is 10.9 Å². The lowest BCUT2D eigenvalue weighted by Gasteiger charge is -2.07. The lowest BCUT2D eigenvalue weighted by atomic mass is 10.1. The Hall–Kier alpha value is -2.26. The molecule has 3 aromatic rings. The summed E-state index contributed by atoms with van der Waals surface area (Å²) in [6.45, 7) is 1.45. The Kier molecular flexibility index (Phi) is 3.44. The van der Waals surface area contributed by atoms with Crippen LogP contribution in [0.5, 0.6) is 5.75 Å². The highest BCUT2D eigenvalue weighted by Gasteiger charge is 2.03. The Labute approximate surface area is 118 Å². The van der Waals surface area contributed by atoms with Gasteiger partial charge in [0.05, 0.1) is 7.11 Å². The van der Waals surface area contributed by atoms with Gasteiger partial charge in [-0.2, -0.15) is 0 Å². The third-order valence-corrected chi connectivity index (χ3v) is 3.59. The molecule has 0 fully saturated rings. The minimum Gasteiger partial charge on any atom is -0.497 e. The number of nitrogens with two attached hydrogens (primary N) is 1. The van der Waals surface area contributed by atoms with Crippen LogP contribution in [0.15, 0.2) is 54.7 Å². The topological polar surface area (TPSA) is 40.2 Å². The van der Waals surface area contributed by atoms with Gasteiger partial charge in [0, 0.05) is 30.2 Å². The molecule has 1 aromatic heterocycles. The molecular formula is C17H18N2O. The Balaban J connectivity index is 1.90. The lowest BCUT2D eigenvalue weighted by molar-refractivity contribution is 0.415. The Morgan fingerprint density at radius 1 is 1.00 bits per heavy atom. The van der Waals surface area contributed by atoms with E-state index in [1.54, 1.807) is 7.11 Å². The van der Waals surface area contributed by atoms with Crippen molar-refractivity contribution in [3.63, 3.8) is 0 Å². The van der Waals surface area contributed by atoms with E-state index in [0.717, 1.165) is 17.9 Å². The normalized spacial score (nSPS) is 10.9. The average molecular weight is 266 g/mol. The summed E-state index contributed by atoms with van der Waals surface area (Å²) in [4.78, 5) is 0. The molecule has 2 aromatic carbocycles. The van der Waals surface area contributed by atoms with Crippen molar-refractivity contribution >= 4 is 10.9 Å². The highest BCUT2D eigenvalue weighted by atomic mass is 16.5. The largest absolute Gasteiger partial charge is 0.497 e. The molecule has 1 heterocycles. The maximum Gasteiger partial charge on any atom is 0.119 e. The zero-order valence-electron chi connectivity index (χ0n) is 11.5. The first-order valence-electron chi connectivity index (χ1n) is 6.71. The summed E-state index contributed by atoms with van der Waals surface area (Å²) in [5, 5.41) is 1.20. The van der Waals surface area contributed by atoms with Gasteiger partial charge in [-0.3, -0.25) is 0 Å². The third kappa shape index (κ3) is 2.40. The number of benzene rings is 2. The van der Waals surface area contributed by atoms with Gasteiger partial charge in [-0.05, 0) is 35.4 Å². The third-order valence-electron chi connectivity index (χ3n) is 3.59. The second kappa shape index (κ2) is 5.39. The SMILES string of the molecule is COc1ccc2c(ccn2Cc2ccc(CN)cc2)c1. The van der Waals surface area contributed by atoms with Gasteiger partial charge in [0.2, 0.25) is 0 Å². The van der Waals surface area contributed by atoms with Crippen LogP contribution in [0.2, 0.25) is 0 Å². The number of fused-ring (bicyclic) bond motifs is 1. The Morgan fingerprint density at radius 2 is 1.75 bits per heavy atom. The van der Waals surface area contributed by atoms with Gasteiger partial charge in [0.25, 0.3) is 0 Å². The summed E-state index contributed by atoms with van der Waals surface area (Å²) in [6, 6.07) is 16.7. The number of hydrogen-bond acceptors (Lipinski definition) is 2. The molecule has 0 radical (unpaired) electrons. The number of methoxy groups -OCH3 is 1. The molecule has 3 heteroatoms. The van der Waals surface area contributed by atoms with Gasteiger partial charge in [-0.15, -0.1) is 0 Å². The molecule has 0 spiro atoms. The van der Waals surface area contributed by atoms with Crippen LogP contribution in [-0.4, -0.2) is 11.7 Å². The number of hydrogen-bond donors (Lipinski definition) is 1. The van der Waals surface area contributed by atoms with E-state index in [1.807, 2.05) is 6.07 Å². The number of ether oxygens (including phenoxy) is 1. The van der Waals surface area contributed by atoms with Crippen molar-refractivity contribution in [1.29, 1.82) is 0 Å². The van der Waals surface area contributed by atoms with Crippen LogP contribution in [0, 0.1) is 0 Å². The minimum atomic E-state index is 0.590. The molecule has 0 saturated carbocycles. The molecule has 3 nitrogen and oxygen atoms in total. The molecule has 0 aliphatic carbocycles. The molecule has 0 aliphatic heterocycles. The van der Waals surface area contributed by atoms with E-state index in [9.17, 15) is 0 Å². The smallest absolute Gasteiger partial charge is 0.119 e. The van der Waals surface area contributed by atoms with E-state index in [1.165, 1.54) is 16.5 Å². The van der Waals surface area contributed by atoms with Gasteiger partial charge in [-0.25, -0.2) is 0 Å². The predicted octanol–water partition coefficient (Wildman–Crippen LogP) is 3.16. The van der Waals surface area contributed by atoms with Crippen molar-refractivity contribution in [3.8, 4) is 5.75 Å². The summed E-state index contributed by atoms with van der Waals surface area (Å²) < 4.78 is 7.50. The van der Waals surface area contributed by atoms with Crippen molar-refractivity contribution in [2.45, 2.75) is 13.1 Å². The molecule has 0 bridgehead atoms. The standard InChI is InChI=1S/C17H18N2O/c1-20-16-6-7-17-15(10-16)8-9-19(17)12-14-4-2-13(11-18)3-5-14/h2-10H,11-12,18H2,1H3. The van der Waals surface area contributed by atoms with Crippen molar-refractivity contribution < 1.29 is 4.74 Å². The van der Waals surface area contributed by atoms with E-state index < -0.39 is 0 Å². The molecule has 0 atom stereocenters. The number of nitrogens with zero attached hydrogens (tertiary/aromatic N) is 1. The first-order valence-corrected chi connectivity index (χ1v) is 6.71. The maximum absolute atomic E-state index is 5.62. The molecule has 0 unspecified atom stereocenters. The Morgan fingerprint density at radius 3 is 2.45 bits per heavy atom. The fourth-order valence-corrected chi connectivity index (χ4v) is 2.42. The molecular weight excluding hydrogens is 248 g/mol. The number of aromatic nitrogens is 1. The molecule has 102 valence electrons. The van der Waals surface area contributed by atoms with Gasteiger partial charge in [-0.1, -0.05) is 24.3 Å². The van der Waals surface area contributed by atoms with Crippen LogP contribution in [0.1, 0.15) is 11.1 Å². The molecule has 0 aliphatic rings. The van der Waals surface area contributed by atoms with Crippen LogP contribution in [0.3, 0.4) is 0 Å². The first-order chi connectivity index (χ1) is 9.80. The van der Waals surface area contributed by atoms with Gasteiger partial charge in [0.1, 0.15) is 5.75 Å². The highest BCUT2D eigenvalue weighted by Crippen LogP contribution is 2.22. The van der Waals surface area contributed by atoms with E-state index in [-0.39, 0.29) is 0 Å². The van der Waals surface area contributed by atoms with Gasteiger partial charge in [0.15, 0.2) is 0 Å². The Bertz CT molecular complexity index is 713. The zero-order chi connectivity index (χ0) is 13.9. The lowest BCUT2D eigenvalue weighted by Crippen LogP contribution is -1.99. The summed E-state index contributed by atoms with van der Waals surface area (Å²) in [5.41, 5.74) is 9.27. The van der Waals surface area contributed by atoms with Crippen LogP contribution in [-0.2, 0) is 13.1 Å². The second-order valence-electron chi connectivity index (χ2n) is 4.89. The first kappa shape index (κ1) is 12.8. The average Bonchev–Trinajstić information content (AvgIpc) is 2.90. The quantitative estimate of drug-likeness (QED) is 0.788. The van der Waals surface area contributed by atoms with Crippen molar-refractivity contribution in [1.82, 2.24) is 4.57 Å². The van der Waals surface area contributed by atoms with Gasteiger partial charge < -0.3 is 15.0 Å². The maximum atomic E-state index is 5.62. The molecule has 20 heavy (non-hydrogen) atoms. The summed E-state index contributed by atoms with van der Waals surface area (Å²) in [5.74, 6) is 0.891. The zero-order valence-corrected chi connectivity index (χ0v) is 11.5. The predicted molar refractivity (Wildman–Crippen MR) is 81.9 cm³/mol. The van der Waals surface area contributed by atoms with Crippen LogP contribution < -0.4 is 10.5 Å². The van der Waals surface area contributed by atoms with E-state index in [2.05, 4.69) is 53.2 Å². The summed E-state index contributed by atoms with van der Waals surface area (Å²) >= 11 is 0. The van der Waals surface area contributed by atoms with E-state index in [4.69, 9.17) is 10.5 Å². The summed E-state index contributed by atoms with van der Waals surface area (Å²) in [6.07, 6.45) is 2.11. The van der Waals surface area contributed by atoms with E-state index in [0.29, 0.717) is 6.54 Å². The molecule has 0 amide bonds. The van der Waals surface area contributed by atoms with Gasteiger partial charge >= 0.3 is 0 Å². The second-order valence-corrected chi connectivity index (χ2v) is 4.89. The van der Waals surface area contributed by atoms with E-state index >= 15 is 0 Å². The fraction of sp³-hybridized carbons (Fsp3) is 0.176. The van der Waals surface area contributed by atoms with Crippen molar-refractivity contribution in [2.75, 3.05) is 7.11 Å². The monoisotopic (exact) mass is 266 g/mol.